The number of aliphatic imine (C=N–C) groups is 1. The number of ether oxygens (including phenoxy) is 2. The average molecular weight is 295 g/mol. The van der Waals surface area contributed by atoms with E-state index >= 15 is 0 Å². The normalized spacial score (nSPS) is 17.6. The standard InChI is InChI=1S/C12H17N5O4/c1-20-8(18)3-7(12(19)21-2)4-17-6-16-9-10(13)14-5-15-11(9)17/h5-7,10H,3-4,13H2,1-2H3,(H,14,15). The van der Waals surface area contributed by atoms with Gasteiger partial charge in [-0.2, -0.15) is 0 Å². The molecule has 0 bridgehead atoms. The van der Waals surface area contributed by atoms with Crippen LogP contribution in [0.15, 0.2) is 11.3 Å². The molecule has 2 rings (SSSR count). The molecule has 1 aliphatic heterocycles. The van der Waals surface area contributed by atoms with Crippen molar-refractivity contribution in [3.8, 4) is 0 Å². The van der Waals surface area contributed by atoms with E-state index in [4.69, 9.17) is 10.5 Å². The fourth-order valence-electron chi connectivity index (χ4n) is 2.07. The Hall–Kier alpha value is -2.42. The van der Waals surface area contributed by atoms with Crippen LogP contribution in [0.4, 0.5) is 5.82 Å². The lowest BCUT2D eigenvalue weighted by Gasteiger charge is -2.18. The zero-order chi connectivity index (χ0) is 15.4. The van der Waals surface area contributed by atoms with Crippen LogP contribution in [0.2, 0.25) is 0 Å². The van der Waals surface area contributed by atoms with Crippen LogP contribution < -0.4 is 11.1 Å². The summed E-state index contributed by atoms with van der Waals surface area (Å²) in [4.78, 5) is 31.3. The maximum absolute atomic E-state index is 11.8. The summed E-state index contributed by atoms with van der Waals surface area (Å²) in [5, 5.41) is 2.93. The van der Waals surface area contributed by atoms with Crippen molar-refractivity contribution in [1.29, 1.82) is 0 Å². The van der Waals surface area contributed by atoms with Gasteiger partial charge in [0, 0.05) is 6.54 Å². The van der Waals surface area contributed by atoms with Crippen LogP contribution in [0.1, 0.15) is 18.3 Å². The molecule has 114 valence electrons. The van der Waals surface area contributed by atoms with E-state index in [1.165, 1.54) is 20.6 Å². The van der Waals surface area contributed by atoms with Crippen LogP contribution >= 0.6 is 0 Å². The topological polar surface area (TPSA) is 121 Å². The molecule has 0 saturated heterocycles. The van der Waals surface area contributed by atoms with Crippen molar-refractivity contribution >= 4 is 24.1 Å². The minimum Gasteiger partial charge on any atom is -0.469 e. The van der Waals surface area contributed by atoms with Gasteiger partial charge in [-0.3, -0.25) is 14.6 Å². The van der Waals surface area contributed by atoms with Gasteiger partial charge in [0.25, 0.3) is 0 Å². The molecule has 21 heavy (non-hydrogen) atoms. The van der Waals surface area contributed by atoms with Crippen molar-refractivity contribution in [2.75, 3.05) is 19.5 Å². The van der Waals surface area contributed by atoms with Gasteiger partial charge in [-0.25, -0.2) is 4.98 Å². The number of nitrogens with two attached hydrogens (primary N) is 1. The van der Waals surface area contributed by atoms with Crippen molar-refractivity contribution < 1.29 is 19.1 Å². The number of carbonyl (C=O) groups excluding carboxylic acids is 2. The predicted octanol–water partition coefficient (Wildman–Crippen LogP) is -0.353. The Morgan fingerprint density at radius 2 is 2.24 bits per heavy atom. The van der Waals surface area contributed by atoms with E-state index < -0.39 is 24.0 Å². The number of esters is 2. The van der Waals surface area contributed by atoms with E-state index in [0.717, 1.165) is 0 Å². The molecular formula is C12H17N5O4. The number of hydrogen-bond donors (Lipinski definition) is 2. The highest BCUT2D eigenvalue weighted by molar-refractivity contribution is 5.80. The van der Waals surface area contributed by atoms with Gasteiger partial charge >= 0.3 is 11.9 Å². The summed E-state index contributed by atoms with van der Waals surface area (Å²) in [7, 11) is 2.55. The minimum absolute atomic E-state index is 0.0731. The molecule has 2 unspecified atom stereocenters. The number of fused-ring (bicyclic) bond motifs is 1. The third-order valence-electron chi connectivity index (χ3n) is 3.17. The molecule has 1 aliphatic rings. The molecule has 0 aliphatic carbocycles. The quantitative estimate of drug-likeness (QED) is 0.712. The Kier molecular flexibility index (Phi) is 4.53. The van der Waals surface area contributed by atoms with E-state index in [1.54, 1.807) is 10.9 Å². The van der Waals surface area contributed by atoms with Crippen LogP contribution in [-0.2, 0) is 25.6 Å². The lowest BCUT2D eigenvalue weighted by molar-refractivity contribution is -0.152. The second-order valence-electron chi connectivity index (χ2n) is 4.50. The minimum atomic E-state index is -0.669. The molecule has 0 amide bonds. The first-order valence-electron chi connectivity index (χ1n) is 6.30. The first-order chi connectivity index (χ1) is 10.1. The Morgan fingerprint density at radius 3 is 2.90 bits per heavy atom. The Labute approximate surface area is 121 Å². The zero-order valence-corrected chi connectivity index (χ0v) is 11.8. The van der Waals surface area contributed by atoms with Crippen LogP contribution in [0.3, 0.4) is 0 Å². The average Bonchev–Trinajstić information content (AvgIpc) is 2.90. The number of hydrogen-bond acceptors (Lipinski definition) is 8. The molecule has 3 N–H and O–H groups in total. The van der Waals surface area contributed by atoms with E-state index in [0.29, 0.717) is 11.5 Å². The fraction of sp³-hybridized carbons (Fsp3) is 0.500. The second-order valence-corrected chi connectivity index (χ2v) is 4.50. The SMILES string of the molecule is COC(=O)CC(Cn1cnc2c1NC=NC2N)C(=O)OC. The van der Waals surface area contributed by atoms with Gasteiger partial charge in [-0.15, -0.1) is 0 Å². The number of carbonyl (C=O) groups is 2. The highest BCUT2D eigenvalue weighted by Crippen LogP contribution is 2.25. The maximum atomic E-state index is 11.8. The molecule has 2 heterocycles. The molecule has 9 nitrogen and oxygen atoms in total. The molecule has 0 fully saturated rings. The Bertz CT molecular complexity index is 568. The summed E-state index contributed by atoms with van der Waals surface area (Å²) in [5.41, 5.74) is 6.38. The van der Waals surface area contributed by atoms with Crippen molar-refractivity contribution in [3.63, 3.8) is 0 Å². The molecule has 1 aromatic rings. The van der Waals surface area contributed by atoms with Gasteiger partial charge in [-0.05, 0) is 0 Å². The summed E-state index contributed by atoms with van der Waals surface area (Å²) >= 11 is 0. The lowest BCUT2D eigenvalue weighted by atomic mass is 10.1. The molecule has 1 aromatic heterocycles. The number of rotatable bonds is 5. The molecule has 0 aromatic carbocycles. The summed E-state index contributed by atoms with van der Waals surface area (Å²) in [6, 6.07) is 0. The number of nitrogens with one attached hydrogen (secondary N) is 1. The number of aromatic nitrogens is 2. The van der Waals surface area contributed by atoms with Crippen molar-refractivity contribution in [2.24, 2.45) is 16.6 Å². The number of nitrogens with zero attached hydrogens (tertiary/aromatic N) is 3. The Balaban J connectivity index is 2.18. The summed E-state index contributed by atoms with van der Waals surface area (Å²) < 4.78 is 11.0. The highest BCUT2D eigenvalue weighted by atomic mass is 16.5. The third-order valence-corrected chi connectivity index (χ3v) is 3.17. The van der Waals surface area contributed by atoms with Gasteiger partial charge in [-0.1, -0.05) is 0 Å². The number of methoxy groups -OCH3 is 2. The largest absolute Gasteiger partial charge is 0.469 e. The lowest BCUT2D eigenvalue weighted by Crippen LogP contribution is -2.26. The van der Waals surface area contributed by atoms with E-state index in [2.05, 4.69) is 20.0 Å². The van der Waals surface area contributed by atoms with Gasteiger partial charge in [0.15, 0.2) is 0 Å². The fourth-order valence-corrected chi connectivity index (χ4v) is 2.07. The monoisotopic (exact) mass is 295 g/mol. The molecule has 9 heteroatoms. The van der Waals surface area contributed by atoms with Gasteiger partial charge in [0.2, 0.25) is 0 Å². The predicted molar refractivity (Wildman–Crippen MR) is 73.4 cm³/mol. The smallest absolute Gasteiger partial charge is 0.311 e. The molecule has 0 radical (unpaired) electrons. The second kappa shape index (κ2) is 6.35. The van der Waals surface area contributed by atoms with Gasteiger partial charge in [0.1, 0.15) is 17.7 Å². The summed E-state index contributed by atoms with van der Waals surface area (Å²) in [6.45, 7) is 0.220. The van der Waals surface area contributed by atoms with E-state index in [1.807, 2.05) is 0 Å². The van der Waals surface area contributed by atoms with E-state index in [-0.39, 0.29) is 13.0 Å². The molecule has 0 saturated carbocycles. The molecule has 2 atom stereocenters. The van der Waals surface area contributed by atoms with Gasteiger partial charge < -0.3 is 25.1 Å². The number of imidazole rings is 1. The maximum Gasteiger partial charge on any atom is 0.311 e. The van der Waals surface area contributed by atoms with Crippen molar-refractivity contribution in [3.05, 3.63) is 12.0 Å². The first-order valence-corrected chi connectivity index (χ1v) is 6.30. The van der Waals surface area contributed by atoms with E-state index in [9.17, 15) is 9.59 Å². The summed E-state index contributed by atoms with van der Waals surface area (Å²) in [6.07, 6.45) is 2.40. The highest BCUT2D eigenvalue weighted by Gasteiger charge is 2.27. The van der Waals surface area contributed by atoms with Gasteiger partial charge in [0.05, 0.1) is 39.2 Å². The van der Waals surface area contributed by atoms with Crippen molar-refractivity contribution in [2.45, 2.75) is 19.1 Å². The molecule has 0 spiro atoms. The first kappa shape index (κ1) is 15.0. The zero-order valence-electron chi connectivity index (χ0n) is 11.8. The molecular weight excluding hydrogens is 278 g/mol. The number of anilines is 1. The third kappa shape index (κ3) is 3.19. The summed E-state index contributed by atoms with van der Waals surface area (Å²) in [5.74, 6) is -0.990. The Morgan fingerprint density at radius 1 is 1.48 bits per heavy atom. The van der Waals surface area contributed by atoms with Crippen LogP contribution in [-0.4, -0.2) is 42.0 Å². The van der Waals surface area contributed by atoms with Crippen molar-refractivity contribution in [1.82, 2.24) is 9.55 Å². The van der Waals surface area contributed by atoms with Crippen LogP contribution in [0.5, 0.6) is 0 Å². The van der Waals surface area contributed by atoms with Crippen LogP contribution in [0, 0.1) is 5.92 Å². The van der Waals surface area contributed by atoms with Crippen LogP contribution in [0.25, 0.3) is 0 Å².